The van der Waals surface area contributed by atoms with Crippen LogP contribution in [0.1, 0.15) is 179 Å². The molecule has 0 radical (unpaired) electrons. The molecule has 9 heteroatoms. The van der Waals surface area contributed by atoms with E-state index in [1.807, 2.05) is 18.2 Å². The zero-order valence-corrected chi connectivity index (χ0v) is 43.2. The minimum Gasteiger partial charge on any atom is -0.508 e. The number of aliphatic imine (C=N–C) groups is 1. The van der Waals surface area contributed by atoms with E-state index in [0.717, 1.165) is 117 Å². The summed E-state index contributed by atoms with van der Waals surface area (Å²) >= 11 is 0. The molecule has 72 heavy (non-hydrogen) atoms. The smallest absolute Gasteiger partial charge is 0.189 e. The van der Waals surface area contributed by atoms with Gasteiger partial charge < -0.3 is 35.8 Å². The van der Waals surface area contributed by atoms with Crippen molar-refractivity contribution in [1.29, 1.82) is 0 Å². The second-order valence-corrected chi connectivity index (χ2v) is 23.7. The molecular formula is C63H79N3O6. The summed E-state index contributed by atoms with van der Waals surface area (Å²) < 4.78 is 13.2. The second kappa shape index (κ2) is 20.7. The van der Waals surface area contributed by atoms with Crippen LogP contribution in [0, 0.1) is 53.3 Å². The maximum Gasteiger partial charge on any atom is 0.189 e. The van der Waals surface area contributed by atoms with Crippen LogP contribution in [0.15, 0.2) is 70.8 Å². The van der Waals surface area contributed by atoms with Crippen LogP contribution in [0.5, 0.6) is 17.2 Å². The van der Waals surface area contributed by atoms with Gasteiger partial charge in [-0.15, -0.1) is 0 Å². The maximum absolute atomic E-state index is 14.3. The molecule has 382 valence electrons. The Morgan fingerprint density at radius 1 is 0.958 bits per heavy atom. The minimum absolute atomic E-state index is 0.00656. The Hall–Kier alpha value is -5.04. The number of carbonyl (C=O) groups is 1. The minimum atomic E-state index is -0.323. The summed E-state index contributed by atoms with van der Waals surface area (Å²) in [6, 6.07) is 15.2. The highest BCUT2D eigenvalue weighted by molar-refractivity contribution is 5.95. The summed E-state index contributed by atoms with van der Waals surface area (Å²) in [5.74, 6) is 10.0. The standard InChI is InChI=1S/C63H79N3O6/c1-4-40-30-43(17-18-44(40)35-67)57(69)22-20-42-34-58(72-50-12-5-6-13-50)61(70)60-51(42)14-9-11-48-31-46-33-53-52(24-37(2)25-54(53)59(60)55(46)36-71-3)45-27-39(28-49(68)32-45)26-38-15-16-41-19-21-47-10-7-8-23-63(47,56(41)29-38)66-62(64)65-48/h15-16,27-30,32-34,37,40,44,46-48,50,52,54-55,59,67-68,70H,4-8,10-13,17-26,31,35-36H2,1-3H3,(H3,64,65,66). The normalized spacial score (nSPS) is 31.9. The highest BCUT2D eigenvalue weighted by Crippen LogP contribution is 2.60. The average molecular weight is 974 g/mol. The molecule has 0 amide bonds. The zero-order chi connectivity index (χ0) is 49.7. The number of carbonyl (C=O) groups excluding carboxylic acids is 1. The van der Waals surface area contributed by atoms with Crippen LogP contribution in [0.4, 0.5) is 0 Å². The molecule has 11 atom stereocenters. The number of nitrogens with zero attached hydrogens (tertiary/aromatic N) is 1. The van der Waals surface area contributed by atoms with Gasteiger partial charge in [0, 0.05) is 49.5 Å². The predicted molar refractivity (Wildman–Crippen MR) is 284 cm³/mol. The number of methoxy groups -OCH3 is 1. The lowest BCUT2D eigenvalue weighted by Gasteiger charge is -2.50. The molecule has 7 aliphatic carbocycles. The van der Waals surface area contributed by atoms with Gasteiger partial charge in [-0.2, -0.15) is 0 Å². The molecular weight excluding hydrogens is 895 g/mol. The third-order valence-electron chi connectivity index (χ3n) is 19.2. The Balaban J connectivity index is 1.10. The van der Waals surface area contributed by atoms with Crippen molar-refractivity contribution in [1.82, 2.24) is 5.32 Å². The molecule has 8 aliphatic rings. The summed E-state index contributed by atoms with van der Waals surface area (Å²) in [5, 5.41) is 38.9. The number of guanidine groups is 1. The molecule has 0 aromatic heterocycles. The molecule has 3 saturated carbocycles. The highest BCUT2D eigenvalue weighted by Gasteiger charge is 2.50. The Labute approximate surface area is 428 Å². The molecule has 9 nitrogen and oxygen atoms in total. The number of nitrogens with one attached hydrogen (secondary N) is 1. The fraction of sp³-hybridized carbons (Fsp3) is 0.587. The third kappa shape index (κ3) is 9.42. The fourth-order valence-corrected chi connectivity index (χ4v) is 15.8. The van der Waals surface area contributed by atoms with Gasteiger partial charge in [-0.05, 0) is 201 Å². The van der Waals surface area contributed by atoms with E-state index in [1.165, 1.54) is 28.7 Å². The lowest BCUT2D eigenvalue weighted by Crippen LogP contribution is -2.57. The van der Waals surface area contributed by atoms with Crippen LogP contribution in [-0.2, 0) is 34.3 Å². The number of fused-ring (bicyclic) bond motifs is 9. The van der Waals surface area contributed by atoms with Crippen molar-refractivity contribution in [3.63, 3.8) is 0 Å². The van der Waals surface area contributed by atoms with Gasteiger partial charge in [-0.1, -0.05) is 80.5 Å². The molecule has 1 heterocycles. The van der Waals surface area contributed by atoms with Gasteiger partial charge >= 0.3 is 0 Å². The Morgan fingerprint density at radius 2 is 1.81 bits per heavy atom. The maximum atomic E-state index is 14.3. The number of allylic oxidation sites excluding steroid dienone is 4. The number of hydrogen-bond acceptors (Lipinski definition) is 9. The first kappa shape index (κ1) is 49.2. The molecule has 0 saturated heterocycles. The predicted octanol–water partition coefficient (Wildman–Crippen LogP) is 11.4. The number of rotatable bonds is 10. The van der Waals surface area contributed by atoms with E-state index >= 15 is 0 Å². The van der Waals surface area contributed by atoms with Gasteiger partial charge in [0.2, 0.25) is 0 Å². The number of aliphatic hydroxyl groups excluding tert-OH is 1. The average Bonchev–Trinajstić information content (AvgIpc) is 3.89. The van der Waals surface area contributed by atoms with Crippen LogP contribution in [0.2, 0.25) is 0 Å². The first-order chi connectivity index (χ1) is 35.0. The van der Waals surface area contributed by atoms with Gasteiger partial charge in [0.25, 0.3) is 0 Å². The summed E-state index contributed by atoms with van der Waals surface area (Å²) in [4.78, 5) is 19.8. The van der Waals surface area contributed by atoms with Crippen LogP contribution in [0.25, 0.3) is 0 Å². The lowest BCUT2D eigenvalue weighted by atomic mass is 9.55. The first-order valence-electron chi connectivity index (χ1n) is 28.2. The number of nitrogens with two attached hydrogens (primary N) is 1. The number of aryl methyl sites for hydroxylation is 2. The number of phenols is 2. The molecule has 3 aromatic carbocycles. The highest BCUT2D eigenvalue weighted by atomic mass is 16.5. The van der Waals surface area contributed by atoms with Gasteiger partial charge in [0.05, 0.1) is 24.3 Å². The van der Waals surface area contributed by atoms with Crippen molar-refractivity contribution >= 4 is 11.7 Å². The molecule has 11 rings (SSSR count). The van der Waals surface area contributed by atoms with E-state index < -0.39 is 0 Å². The number of Topliss-reactive ketones (excluding diaryl/α,β-unsaturated/α-hetero) is 1. The number of ketones is 1. The number of ether oxygens (including phenoxy) is 2. The van der Waals surface area contributed by atoms with Crippen LogP contribution in [-0.4, -0.2) is 59.5 Å². The van der Waals surface area contributed by atoms with E-state index in [9.17, 15) is 20.1 Å². The van der Waals surface area contributed by atoms with Crippen molar-refractivity contribution in [2.24, 2.45) is 52.2 Å². The van der Waals surface area contributed by atoms with Gasteiger partial charge in [-0.3, -0.25) is 4.79 Å². The van der Waals surface area contributed by atoms with E-state index in [0.29, 0.717) is 74.4 Å². The third-order valence-corrected chi connectivity index (χ3v) is 19.2. The molecule has 3 fully saturated rings. The van der Waals surface area contributed by atoms with E-state index in [1.54, 1.807) is 7.11 Å². The van der Waals surface area contributed by atoms with Crippen molar-refractivity contribution in [3.05, 3.63) is 110 Å². The topological polar surface area (TPSA) is 147 Å². The molecule has 8 bridgehead atoms. The number of benzene rings is 3. The van der Waals surface area contributed by atoms with Gasteiger partial charge in [0.15, 0.2) is 23.2 Å². The SMILES string of the molecule is CCC1C=C(C(=O)CCc2cc(OC3CCCC3)c(O)c3c2C#CCC2CC4C=C5C(CC(C)CC5C3C4COC)c3cc(O)cc(c3)Cc3ccc4c(c3)C3(CCCCC3CC4)NC(N)=N2)CCC1CO. The number of aliphatic hydroxyl groups is 1. The van der Waals surface area contributed by atoms with Crippen LogP contribution >= 0.6 is 0 Å². The zero-order valence-electron chi connectivity index (χ0n) is 43.2. The Morgan fingerprint density at radius 3 is 2.62 bits per heavy atom. The van der Waals surface area contributed by atoms with Crippen LogP contribution in [0.3, 0.4) is 0 Å². The van der Waals surface area contributed by atoms with Gasteiger partial charge in [0.1, 0.15) is 5.75 Å². The molecule has 1 aliphatic heterocycles. The van der Waals surface area contributed by atoms with Crippen LogP contribution < -0.4 is 15.8 Å². The van der Waals surface area contributed by atoms with Crippen molar-refractivity contribution in [2.45, 2.75) is 172 Å². The Kier molecular flexibility index (Phi) is 14.1. The van der Waals surface area contributed by atoms with Crippen molar-refractivity contribution in [2.75, 3.05) is 20.3 Å². The summed E-state index contributed by atoms with van der Waals surface area (Å²) in [7, 11) is 1.80. The van der Waals surface area contributed by atoms with E-state index in [-0.39, 0.29) is 77.2 Å². The number of hydrogen-bond donors (Lipinski definition) is 5. The molecule has 1 spiro atoms. The largest absolute Gasteiger partial charge is 0.508 e. The van der Waals surface area contributed by atoms with Crippen molar-refractivity contribution in [3.8, 4) is 29.1 Å². The fourth-order valence-electron chi connectivity index (χ4n) is 15.8. The summed E-state index contributed by atoms with van der Waals surface area (Å²) in [6.45, 7) is 5.13. The first-order valence-corrected chi connectivity index (χ1v) is 28.2. The molecule has 3 aromatic rings. The second-order valence-electron chi connectivity index (χ2n) is 23.7. The molecule has 11 unspecified atom stereocenters. The van der Waals surface area contributed by atoms with Crippen molar-refractivity contribution < 1.29 is 29.6 Å². The summed E-state index contributed by atoms with van der Waals surface area (Å²) in [6.07, 6.45) is 22.4. The molecule has 6 N–H and O–H groups in total. The summed E-state index contributed by atoms with van der Waals surface area (Å²) in [5.41, 5.74) is 18.0. The van der Waals surface area contributed by atoms with E-state index in [4.69, 9.17) is 20.2 Å². The Bertz CT molecular complexity index is 2700. The van der Waals surface area contributed by atoms with E-state index in [2.05, 4.69) is 67.4 Å². The van der Waals surface area contributed by atoms with Gasteiger partial charge in [-0.25, -0.2) is 4.99 Å². The number of phenolic OH excluding ortho intramolecular Hbond substituents is 2. The number of aromatic hydroxyl groups is 2. The quantitative estimate of drug-likeness (QED) is 0.0997. The lowest BCUT2D eigenvalue weighted by molar-refractivity contribution is -0.115. The monoisotopic (exact) mass is 974 g/mol.